The summed E-state index contributed by atoms with van der Waals surface area (Å²) in [5.74, 6) is 0.355. The molecule has 0 fully saturated rings. The molecule has 1 aromatic rings. The second-order valence-corrected chi connectivity index (χ2v) is 4.71. The molecule has 0 bridgehead atoms. The number of primary amides is 1. The maximum atomic E-state index is 10.8. The summed E-state index contributed by atoms with van der Waals surface area (Å²) in [4.78, 5) is 16.9. The van der Waals surface area contributed by atoms with Gasteiger partial charge in [-0.15, -0.1) is 0 Å². The lowest BCUT2D eigenvalue weighted by Crippen LogP contribution is -2.34. The molecule has 6 heteroatoms. The number of amides is 1. The minimum atomic E-state index is -0.367. The first-order chi connectivity index (χ1) is 7.04. The van der Waals surface area contributed by atoms with Gasteiger partial charge in [-0.1, -0.05) is 0 Å². The van der Waals surface area contributed by atoms with Gasteiger partial charge in [0.1, 0.15) is 5.82 Å². The van der Waals surface area contributed by atoms with Crippen LogP contribution < -0.4 is 10.6 Å². The number of nitrogens with two attached hydrogens (primary N) is 1. The first-order valence-electron chi connectivity index (χ1n) is 4.39. The molecule has 15 heavy (non-hydrogen) atoms. The van der Waals surface area contributed by atoms with E-state index >= 15 is 0 Å². The summed E-state index contributed by atoms with van der Waals surface area (Å²) in [6.07, 6.45) is 1.68. The molecule has 0 spiro atoms. The molecular formula is C9H11Br2N3O. The van der Waals surface area contributed by atoms with E-state index in [1.807, 2.05) is 13.0 Å². The maximum Gasteiger partial charge on any atom is 0.236 e. The quantitative estimate of drug-likeness (QED) is 0.913. The minimum absolute atomic E-state index is 0.170. The molecule has 2 N–H and O–H groups in total. The van der Waals surface area contributed by atoms with E-state index in [2.05, 4.69) is 36.8 Å². The normalized spacial score (nSPS) is 10.1. The molecule has 1 aromatic heterocycles. The van der Waals surface area contributed by atoms with Crippen molar-refractivity contribution in [3.63, 3.8) is 0 Å². The second kappa shape index (κ2) is 5.46. The van der Waals surface area contributed by atoms with Crippen LogP contribution in [0.25, 0.3) is 0 Å². The lowest BCUT2D eigenvalue weighted by molar-refractivity contribution is -0.116. The summed E-state index contributed by atoms with van der Waals surface area (Å²) < 4.78 is 1.72. The highest BCUT2D eigenvalue weighted by molar-refractivity contribution is 9.11. The molecule has 0 aliphatic rings. The summed E-state index contributed by atoms with van der Waals surface area (Å²) in [7, 11) is 0. The van der Waals surface area contributed by atoms with Crippen LogP contribution in [0.5, 0.6) is 0 Å². The van der Waals surface area contributed by atoms with Gasteiger partial charge in [0.15, 0.2) is 0 Å². The van der Waals surface area contributed by atoms with Crippen molar-refractivity contribution >= 4 is 43.6 Å². The van der Waals surface area contributed by atoms with Gasteiger partial charge in [-0.2, -0.15) is 0 Å². The van der Waals surface area contributed by atoms with E-state index < -0.39 is 0 Å². The van der Waals surface area contributed by atoms with Crippen molar-refractivity contribution in [1.29, 1.82) is 0 Å². The fourth-order valence-corrected chi connectivity index (χ4v) is 2.40. The molecule has 0 saturated carbocycles. The smallest absolute Gasteiger partial charge is 0.236 e. The Bertz CT molecular complexity index is 370. The zero-order valence-electron chi connectivity index (χ0n) is 8.20. The van der Waals surface area contributed by atoms with E-state index in [9.17, 15) is 4.79 Å². The average Bonchev–Trinajstić information content (AvgIpc) is 2.14. The first-order valence-corrected chi connectivity index (χ1v) is 5.97. The molecule has 1 heterocycles. The van der Waals surface area contributed by atoms with Gasteiger partial charge >= 0.3 is 0 Å². The van der Waals surface area contributed by atoms with Crippen molar-refractivity contribution in [1.82, 2.24) is 4.98 Å². The zero-order chi connectivity index (χ0) is 11.4. The highest BCUT2D eigenvalue weighted by Crippen LogP contribution is 2.26. The summed E-state index contributed by atoms with van der Waals surface area (Å²) in [6, 6.07) is 1.88. The minimum Gasteiger partial charge on any atom is -0.368 e. The zero-order valence-corrected chi connectivity index (χ0v) is 11.4. The number of rotatable bonds is 4. The van der Waals surface area contributed by atoms with Crippen LogP contribution in [0.2, 0.25) is 0 Å². The number of carbonyl (C=O) groups is 1. The molecule has 0 unspecified atom stereocenters. The van der Waals surface area contributed by atoms with Gasteiger partial charge in [0.25, 0.3) is 0 Å². The second-order valence-electron chi connectivity index (χ2n) is 2.94. The first kappa shape index (κ1) is 12.4. The maximum absolute atomic E-state index is 10.8. The van der Waals surface area contributed by atoms with Crippen LogP contribution in [-0.2, 0) is 4.79 Å². The number of likely N-dealkylation sites (N-methyl/N-ethyl adjacent to an activating group) is 1. The molecule has 0 aliphatic carbocycles. The molecule has 0 aromatic carbocycles. The Kier molecular flexibility index (Phi) is 4.53. The number of anilines is 1. The van der Waals surface area contributed by atoms with Gasteiger partial charge in [0.05, 0.1) is 11.0 Å². The van der Waals surface area contributed by atoms with Crippen molar-refractivity contribution in [3.8, 4) is 0 Å². The highest BCUT2D eigenvalue weighted by Gasteiger charge is 2.12. The van der Waals surface area contributed by atoms with Gasteiger partial charge in [-0.25, -0.2) is 4.98 Å². The Morgan fingerprint density at radius 2 is 2.27 bits per heavy atom. The summed E-state index contributed by atoms with van der Waals surface area (Å²) in [5, 5.41) is 0. The van der Waals surface area contributed by atoms with Gasteiger partial charge < -0.3 is 10.6 Å². The Morgan fingerprint density at radius 1 is 1.60 bits per heavy atom. The molecule has 4 nitrogen and oxygen atoms in total. The molecular weight excluding hydrogens is 326 g/mol. The Labute approximate surface area is 105 Å². The largest absolute Gasteiger partial charge is 0.368 e. The van der Waals surface area contributed by atoms with Crippen molar-refractivity contribution < 1.29 is 4.79 Å². The van der Waals surface area contributed by atoms with Crippen LogP contribution >= 0.6 is 31.9 Å². The Balaban J connectivity index is 2.96. The Morgan fingerprint density at radius 3 is 2.73 bits per heavy atom. The lowest BCUT2D eigenvalue weighted by atomic mass is 10.4. The summed E-state index contributed by atoms with van der Waals surface area (Å²) >= 11 is 6.71. The molecule has 0 atom stereocenters. The van der Waals surface area contributed by atoms with Crippen LogP contribution in [-0.4, -0.2) is 24.0 Å². The summed E-state index contributed by atoms with van der Waals surface area (Å²) in [6.45, 7) is 2.79. The third kappa shape index (κ3) is 3.46. The van der Waals surface area contributed by atoms with E-state index in [-0.39, 0.29) is 12.5 Å². The highest BCUT2D eigenvalue weighted by atomic mass is 79.9. The van der Waals surface area contributed by atoms with E-state index in [0.29, 0.717) is 6.54 Å². The van der Waals surface area contributed by atoms with E-state index in [1.54, 1.807) is 11.1 Å². The Hall–Kier alpha value is -0.620. The number of carbonyl (C=O) groups excluding carboxylic acids is 1. The molecule has 82 valence electrons. The predicted molar refractivity (Wildman–Crippen MR) is 66.7 cm³/mol. The summed E-state index contributed by atoms with van der Waals surface area (Å²) in [5.41, 5.74) is 5.15. The molecule has 0 radical (unpaired) electrons. The van der Waals surface area contributed by atoms with Crippen molar-refractivity contribution in [2.45, 2.75) is 6.92 Å². The van der Waals surface area contributed by atoms with E-state index in [4.69, 9.17) is 5.73 Å². The molecule has 0 aliphatic heterocycles. The topological polar surface area (TPSA) is 59.2 Å². The number of hydrogen-bond donors (Lipinski definition) is 1. The molecule has 1 rings (SSSR count). The average molecular weight is 337 g/mol. The number of hydrogen-bond acceptors (Lipinski definition) is 3. The fraction of sp³-hybridized carbons (Fsp3) is 0.333. The van der Waals surface area contributed by atoms with Crippen LogP contribution in [0.4, 0.5) is 5.82 Å². The van der Waals surface area contributed by atoms with Gasteiger partial charge in [0.2, 0.25) is 5.91 Å². The third-order valence-corrected chi connectivity index (χ3v) is 2.83. The van der Waals surface area contributed by atoms with Gasteiger partial charge in [-0.05, 0) is 44.8 Å². The van der Waals surface area contributed by atoms with Crippen LogP contribution in [0, 0.1) is 0 Å². The van der Waals surface area contributed by atoms with Crippen LogP contribution in [0.3, 0.4) is 0 Å². The van der Waals surface area contributed by atoms with Crippen molar-refractivity contribution in [3.05, 3.63) is 21.2 Å². The lowest BCUT2D eigenvalue weighted by Gasteiger charge is -2.21. The molecule has 1 amide bonds. The third-order valence-electron chi connectivity index (χ3n) is 1.82. The van der Waals surface area contributed by atoms with Crippen LogP contribution in [0.1, 0.15) is 6.92 Å². The fourth-order valence-electron chi connectivity index (χ4n) is 1.16. The number of pyridine rings is 1. The van der Waals surface area contributed by atoms with E-state index in [0.717, 1.165) is 14.8 Å². The van der Waals surface area contributed by atoms with Crippen molar-refractivity contribution in [2.24, 2.45) is 5.73 Å². The monoisotopic (exact) mass is 335 g/mol. The number of halogens is 2. The standard InChI is InChI=1S/C9H11Br2N3O/c1-2-14(5-8(12)15)9-7(11)3-6(10)4-13-9/h3-4H,2,5H2,1H3,(H2,12,15). The SMILES string of the molecule is CCN(CC(N)=O)c1ncc(Br)cc1Br. The van der Waals surface area contributed by atoms with E-state index in [1.165, 1.54) is 0 Å². The number of nitrogens with zero attached hydrogens (tertiary/aromatic N) is 2. The number of aromatic nitrogens is 1. The van der Waals surface area contributed by atoms with Gasteiger partial charge in [-0.3, -0.25) is 4.79 Å². The van der Waals surface area contributed by atoms with Crippen LogP contribution in [0.15, 0.2) is 21.2 Å². The predicted octanol–water partition coefficient (Wildman–Crippen LogP) is 1.92. The van der Waals surface area contributed by atoms with Crippen molar-refractivity contribution in [2.75, 3.05) is 18.0 Å². The van der Waals surface area contributed by atoms with Gasteiger partial charge in [0, 0.05) is 17.2 Å². The molecule has 0 saturated heterocycles.